The summed E-state index contributed by atoms with van der Waals surface area (Å²) in [5, 5.41) is 18.2. The highest BCUT2D eigenvalue weighted by atomic mass is 16.6. The van der Waals surface area contributed by atoms with Crippen LogP contribution in [0.5, 0.6) is 11.5 Å². The van der Waals surface area contributed by atoms with E-state index in [9.17, 15) is 10.1 Å². The summed E-state index contributed by atoms with van der Waals surface area (Å²) in [4.78, 5) is 15.7. The molecule has 0 aliphatic carbocycles. The van der Waals surface area contributed by atoms with Crippen LogP contribution in [0.4, 0.5) is 5.69 Å². The molecule has 0 bridgehead atoms. The Bertz CT molecular complexity index is 2270. The summed E-state index contributed by atoms with van der Waals surface area (Å²) < 4.78 is 10.4. The highest BCUT2D eigenvalue weighted by Gasteiger charge is 2.19. The van der Waals surface area contributed by atoms with Crippen LogP contribution in [0.1, 0.15) is 37.5 Å². The topological polar surface area (TPSA) is 88.0 Å². The molecule has 0 radical (unpaired) electrons. The molecule has 228 valence electrons. The zero-order chi connectivity index (χ0) is 32.2. The van der Waals surface area contributed by atoms with Crippen molar-refractivity contribution in [3.8, 4) is 34.1 Å². The number of nitrogens with zero attached hydrogens (tertiary/aromatic N) is 5. The van der Waals surface area contributed by atoms with E-state index in [0.29, 0.717) is 11.5 Å². The lowest BCUT2D eigenvalue weighted by atomic mass is 9.88. The molecular formula is C38H33N5O3. The van der Waals surface area contributed by atoms with Crippen LogP contribution in [0, 0.1) is 24.0 Å². The SMILES string of the molecule is Cc1cc([N+](=O)[O-])cc(C)c1-c1cnn(-c2cccc(Oc3ccc4c5ccccc5n(-c5cc(C(C)(C)C)ccn5)c4c3)c2)c1. The summed E-state index contributed by atoms with van der Waals surface area (Å²) in [7, 11) is 0. The maximum absolute atomic E-state index is 11.3. The third-order valence-electron chi connectivity index (χ3n) is 8.40. The van der Waals surface area contributed by atoms with E-state index in [-0.39, 0.29) is 16.0 Å². The number of hydrogen-bond acceptors (Lipinski definition) is 5. The molecule has 0 amide bonds. The van der Waals surface area contributed by atoms with Crippen LogP contribution in [0.2, 0.25) is 0 Å². The number of ether oxygens (including phenoxy) is 1. The minimum Gasteiger partial charge on any atom is -0.457 e. The molecular weight excluding hydrogens is 574 g/mol. The second-order valence-electron chi connectivity index (χ2n) is 12.7. The van der Waals surface area contributed by atoms with Crippen LogP contribution >= 0.6 is 0 Å². The fraction of sp³-hybridized carbons (Fsp3) is 0.158. The van der Waals surface area contributed by atoms with Gasteiger partial charge in [-0.2, -0.15) is 5.10 Å². The molecule has 0 aliphatic heterocycles. The number of benzene rings is 4. The van der Waals surface area contributed by atoms with Crippen molar-refractivity contribution < 1.29 is 9.66 Å². The molecule has 0 saturated carbocycles. The quantitative estimate of drug-likeness (QED) is 0.139. The maximum Gasteiger partial charge on any atom is 0.269 e. The molecule has 46 heavy (non-hydrogen) atoms. The highest BCUT2D eigenvalue weighted by Crippen LogP contribution is 2.36. The fourth-order valence-corrected chi connectivity index (χ4v) is 6.19. The number of nitro benzene ring substituents is 1. The first-order chi connectivity index (χ1) is 22.1. The van der Waals surface area contributed by atoms with Gasteiger partial charge in [-0.25, -0.2) is 9.67 Å². The van der Waals surface area contributed by atoms with Gasteiger partial charge < -0.3 is 4.74 Å². The van der Waals surface area contributed by atoms with E-state index < -0.39 is 0 Å². The van der Waals surface area contributed by atoms with Gasteiger partial charge in [-0.05, 0) is 84.0 Å². The molecule has 0 spiro atoms. The molecule has 3 heterocycles. The van der Waals surface area contributed by atoms with Gasteiger partial charge in [-0.1, -0.05) is 45.0 Å². The Hall–Kier alpha value is -5.76. The Morgan fingerprint density at radius 2 is 1.54 bits per heavy atom. The summed E-state index contributed by atoms with van der Waals surface area (Å²) in [5.41, 5.74) is 7.71. The number of aromatic nitrogens is 4. The van der Waals surface area contributed by atoms with Crippen molar-refractivity contribution in [3.05, 3.63) is 136 Å². The van der Waals surface area contributed by atoms with Crippen molar-refractivity contribution in [2.45, 2.75) is 40.0 Å². The van der Waals surface area contributed by atoms with E-state index in [1.54, 1.807) is 23.0 Å². The summed E-state index contributed by atoms with van der Waals surface area (Å²) in [6.07, 6.45) is 5.60. The van der Waals surface area contributed by atoms with Gasteiger partial charge in [0.05, 0.1) is 27.8 Å². The number of pyridine rings is 1. The number of fused-ring (bicyclic) bond motifs is 3. The second kappa shape index (κ2) is 11.0. The van der Waals surface area contributed by atoms with Crippen molar-refractivity contribution in [3.63, 3.8) is 0 Å². The van der Waals surface area contributed by atoms with E-state index in [2.05, 4.69) is 79.0 Å². The molecule has 4 aromatic carbocycles. The number of non-ortho nitro benzene ring substituents is 1. The van der Waals surface area contributed by atoms with Crippen LogP contribution in [-0.4, -0.2) is 24.3 Å². The van der Waals surface area contributed by atoms with E-state index in [0.717, 1.165) is 55.6 Å². The van der Waals surface area contributed by atoms with Gasteiger partial charge in [0.15, 0.2) is 0 Å². The molecule has 0 N–H and O–H groups in total. The van der Waals surface area contributed by atoms with Crippen molar-refractivity contribution in [2.24, 2.45) is 0 Å². The number of nitro groups is 1. The lowest BCUT2D eigenvalue weighted by Gasteiger charge is -2.20. The first-order valence-electron chi connectivity index (χ1n) is 15.2. The van der Waals surface area contributed by atoms with Crippen LogP contribution in [0.3, 0.4) is 0 Å². The van der Waals surface area contributed by atoms with Gasteiger partial charge in [0, 0.05) is 53.0 Å². The molecule has 0 atom stereocenters. The van der Waals surface area contributed by atoms with E-state index in [1.807, 2.05) is 56.6 Å². The monoisotopic (exact) mass is 607 g/mol. The average Bonchev–Trinajstić information content (AvgIpc) is 3.63. The average molecular weight is 608 g/mol. The highest BCUT2D eigenvalue weighted by molar-refractivity contribution is 6.09. The van der Waals surface area contributed by atoms with Gasteiger partial charge in [-0.15, -0.1) is 0 Å². The van der Waals surface area contributed by atoms with Crippen LogP contribution < -0.4 is 4.74 Å². The Morgan fingerprint density at radius 1 is 0.804 bits per heavy atom. The second-order valence-corrected chi connectivity index (χ2v) is 12.7. The molecule has 7 aromatic rings. The van der Waals surface area contributed by atoms with E-state index in [1.165, 1.54) is 5.56 Å². The van der Waals surface area contributed by atoms with Crippen molar-refractivity contribution in [1.29, 1.82) is 0 Å². The van der Waals surface area contributed by atoms with E-state index >= 15 is 0 Å². The lowest BCUT2D eigenvalue weighted by molar-refractivity contribution is -0.384. The molecule has 0 fully saturated rings. The molecule has 0 saturated heterocycles. The first-order valence-corrected chi connectivity index (χ1v) is 15.2. The number of rotatable bonds is 6. The smallest absolute Gasteiger partial charge is 0.269 e. The summed E-state index contributed by atoms with van der Waals surface area (Å²) in [5.74, 6) is 2.25. The molecule has 0 unspecified atom stereocenters. The summed E-state index contributed by atoms with van der Waals surface area (Å²) in [6, 6.07) is 29.8. The van der Waals surface area contributed by atoms with Crippen LogP contribution in [-0.2, 0) is 5.41 Å². The van der Waals surface area contributed by atoms with Crippen molar-refractivity contribution in [1.82, 2.24) is 19.3 Å². The van der Waals surface area contributed by atoms with Gasteiger partial charge in [0.25, 0.3) is 5.69 Å². The normalized spacial score (nSPS) is 11.8. The lowest BCUT2D eigenvalue weighted by Crippen LogP contribution is -2.12. The number of aryl methyl sites for hydroxylation is 2. The van der Waals surface area contributed by atoms with Crippen LogP contribution in [0.25, 0.3) is 44.4 Å². The van der Waals surface area contributed by atoms with Crippen molar-refractivity contribution >= 4 is 27.5 Å². The van der Waals surface area contributed by atoms with E-state index in [4.69, 9.17) is 9.72 Å². The van der Waals surface area contributed by atoms with Gasteiger partial charge in [0.1, 0.15) is 17.3 Å². The number of hydrogen-bond donors (Lipinski definition) is 0. The molecule has 7 rings (SSSR count). The molecule has 8 nitrogen and oxygen atoms in total. The first kappa shape index (κ1) is 29.0. The molecule has 8 heteroatoms. The predicted molar refractivity (Wildman–Crippen MR) is 182 cm³/mol. The third-order valence-corrected chi connectivity index (χ3v) is 8.40. The third kappa shape index (κ3) is 5.17. The minimum absolute atomic E-state index is 0.00934. The van der Waals surface area contributed by atoms with Gasteiger partial charge >= 0.3 is 0 Å². The standard InChI is InChI=1S/C38H33N5O3/c1-24-17-29(43(44)45)18-25(2)37(24)26-22-40-41(23-26)28-9-8-10-30(20-28)46-31-13-14-33-32-11-6-7-12-34(32)42(35(33)21-31)36-19-27(15-16-39-36)38(3,4)5/h6-23H,1-5H3. The largest absolute Gasteiger partial charge is 0.457 e. The predicted octanol–water partition coefficient (Wildman–Crippen LogP) is 9.65. The number of para-hydroxylation sites is 1. The zero-order valence-corrected chi connectivity index (χ0v) is 26.4. The zero-order valence-electron chi connectivity index (χ0n) is 26.4. The minimum atomic E-state index is -0.364. The maximum atomic E-state index is 11.3. The Kier molecular flexibility index (Phi) is 6.93. The molecule has 0 aliphatic rings. The van der Waals surface area contributed by atoms with Gasteiger partial charge in [0.2, 0.25) is 0 Å². The summed E-state index contributed by atoms with van der Waals surface area (Å²) >= 11 is 0. The van der Waals surface area contributed by atoms with Gasteiger partial charge in [-0.3, -0.25) is 14.7 Å². The fourth-order valence-electron chi connectivity index (χ4n) is 6.19. The van der Waals surface area contributed by atoms with Crippen LogP contribution in [0.15, 0.2) is 110 Å². The molecule has 3 aromatic heterocycles. The Morgan fingerprint density at radius 3 is 2.30 bits per heavy atom. The van der Waals surface area contributed by atoms with Crippen molar-refractivity contribution in [2.75, 3.05) is 0 Å². The Labute approximate surface area is 266 Å². The summed E-state index contributed by atoms with van der Waals surface area (Å²) in [6.45, 7) is 10.4. The Balaban J connectivity index is 1.24.